The van der Waals surface area contributed by atoms with E-state index < -0.39 is 0 Å². The zero-order valence-electron chi connectivity index (χ0n) is 28.5. The van der Waals surface area contributed by atoms with Gasteiger partial charge in [-0.1, -0.05) is 109 Å². The Kier molecular flexibility index (Phi) is 6.57. The minimum atomic E-state index is 0.0748. The van der Waals surface area contributed by atoms with E-state index in [0.29, 0.717) is 0 Å². The molecule has 0 spiro atoms. The van der Waals surface area contributed by atoms with Gasteiger partial charge in [-0.05, 0) is 95.1 Å². The van der Waals surface area contributed by atoms with Crippen molar-refractivity contribution in [1.82, 2.24) is 9.13 Å². The van der Waals surface area contributed by atoms with Gasteiger partial charge in [0.05, 0.1) is 22.1 Å². The summed E-state index contributed by atoms with van der Waals surface area (Å²) in [5.41, 5.74) is 11.4. The number of benzene rings is 8. The van der Waals surface area contributed by atoms with Crippen LogP contribution < -0.4 is 5.43 Å². The van der Waals surface area contributed by atoms with Crippen molar-refractivity contribution in [3.05, 3.63) is 192 Å². The molecule has 0 unspecified atom stereocenters. The summed E-state index contributed by atoms with van der Waals surface area (Å²) in [6.45, 7) is 0. The second-order valence-corrected chi connectivity index (χ2v) is 14.8. The third-order valence-electron chi connectivity index (χ3n) is 10.7. The molecule has 0 saturated carbocycles. The zero-order chi connectivity index (χ0) is 35.0. The number of aromatic nitrogens is 2. The lowest BCUT2D eigenvalue weighted by Crippen LogP contribution is -2.01. The van der Waals surface area contributed by atoms with E-state index in [2.05, 4.69) is 185 Å². The van der Waals surface area contributed by atoms with Crippen LogP contribution in [0.2, 0.25) is 0 Å². The van der Waals surface area contributed by atoms with Crippen LogP contribution in [-0.2, 0) is 0 Å². The Bertz CT molecular complexity index is 3190. The van der Waals surface area contributed by atoms with Gasteiger partial charge in [-0.3, -0.25) is 4.79 Å². The molecular formula is C49H30N2OS. The van der Waals surface area contributed by atoms with Crippen molar-refractivity contribution in [2.75, 3.05) is 0 Å². The van der Waals surface area contributed by atoms with E-state index in [1.165, 1.54) is 43.6 Å². The van der Waals surface area contributed by atoms with Gasteiger partial charge < -0.3 is 9.13 Å². The summed E-state index contributed by atoms with van der Waals surface area (Å²) >= 11 is 1.68. The number of fused-ring (bicyclic) bond motifs is 8. The molecule has 0 aliphatic carbocycles. The Morgan fingerprint density at radius 3 is 1.19 bits per heavy atom. The van der Waals surface area contributed by atoms with Crippen LogP contribution in [0, 0.1) is 0 Å². The van der Waals surface area contributed by atoms with Crippen molar-refractivity contribution in [3.8, 4) is 33.6 Å². The molecule has 0 aliphatic rings. The van der Waals surface area contributed by atoms with Gasteiger partial charge in [0.25, 0.3) is 0 Å². The van der Waals surface area contributed by atoms with E-state index in [0.717, 1.165) is 53.8 Å². The Morgan fingerprint density at radius 2 is 0.717 bits per heavy atom. The Balaban J connectivity index is 0.932. The van der Waals surface area contributed by atoms with E-state index in [-0.39, 0.29) is 5.43 Å². The first-order valence-electron chi connectivity index (χ1n) is 17.9. The summed E-state index contributed by atoms with van der Waals surface area (Å²) in [7, 11) is 0. The predicted molar refractivity (Wildman–Crippen MR) is 225 cm³/mol. The second kappa shape index (κ2) is 11.6. The minimum Gasteiger partial charge on any atom is -0.309 e. The van der Waals surface area contributed by atoms with Gasteiger partial charge in [0.15, 0.2) is 5.43 Å². The largest absolute Gasteiger partial charge is 0.309 e. The van der Waals surface area contributed by atoms with E-state index in [1.54, 1.807) is 11.3 Å². The third-order valence-corrected chi connectivity index (χ3v) is 11.9. The van der Waals surface area contributed by atoms with Crippen molar-refractivity contribution in [2.45, 2.75) is 0 Å². The molecule has 11 rings (SSSR count). The monoisotopic (exact) mass is 694 g/mol. The molecule has 8 aromatic carbocycles. The van der Waals surface area contributed by atoms with Crippen LogP contribution >= 0.6 is 11.3 Å². The van der Waals surface area contributed by atoms with Crippen LogP contribution in [0.5, 0.6) is 0 Å². The number of hydrogen-bond acceptors (Lipinski definition) is 2. The van der Waals surface area contributed by atoms with Crippen LogP contribution in [-0.4, -0.2) is 9.13 Å². The lowest BCUT2D eigenvalue weighted by Gasteiger charge is -2.11. The highest BCUT2D eigenvalue weighted by molar-refractivity contribution is 7.24. The standard InChI is InChI=1S/C49H30N2OS/c52-49-41-27-21-34(32-19-25-36(26-20-32)51-45-15-7-3-11-39(45)40-12-4-8-16-46(40)51)30-48(41)53-47-28-22-33(29-42(47)49)31-17-23-35(24-18-31)50-43-13-5-1-9-37(43)38-10-2-6-14-44(38)50/h1-30H. The number of para-hydroxylation sites is 4. The predicted octanol–water partition coefficient (Wildman–Crippen LogP) is 12.9. The smallest absolute Gasteiger partial charge is 0.195 e. The molecule has 0 atom stereocenters. The first kappa shape index (κ1) is 29.9. The van der Waals surface area contributed by atoms with Gasteiger partial charge in [0.1, 0.15) is 0 Å². The van der Waals surface area contributed by atoms with Crippen LogP contribution in [0.25, 0.3) is 97.4 Å². The van der Waals surface area contributed by atoms with Gasteiger partial charge in [0.2, 0.25) is 0 Å². The van der Waals surface area contributed by atoms with Crippen molar-refractivity contribution >= 4 is 75.1 Å². The molecule has 0 radical (unpaired) electrons. The molecule has 0 bridgehead atoms. The molecule has 0 saturated heterocycles. The molecule has 0 N–H and O–H groups in total. The zero-order valence-corrected chi connectivity index (χ0v) is 29.3. The number of nitrogens with zero attached hydrogens (tertiary/aromatic N) is 2. The lowest BCUT2D eigenvalue weighted by atomic mass is 10.0. The molecular weight excluding hydrogens is 665 g/mol. The molecule has 0 amide bonds. The van der Waals surface area contributed by atoms with E-state index in [4.69, 9.17) is 0 Å². The first-order chi connectivity index (χ1) is 26.2. The molecule has 53 heavy (non-hydrogen) atoms. The van der Waals surface area contributed by atoms with Crippen LogP contribution in [0.15, 0.2) is 187 Å². The molecule has 0 aliphatic heterocycles. The highest BCUT2D eigenvalue weighted by Gasteiger charge is 2.14. The molecule has 4 heteroatoms. The van der Waals surface area contributed by atoms with E-state index in [9.17, 15) is 4.79 Å². The van der Waals surface area contributed by atoms with E-state index >= 15 is 0 Å². The van der Waals surface area contributed by atoms with Crippen LogP contribution in [0.1, 0.15) is 0 Å². The summed E-state index contributed by atoms with van der Waals surface area (Å²) < 4.78 is 6.65. The fourth-order valence-corrected chi connectivity index (χ4v) is 9.31. The first-order valence-corrected chi connectivity index (χ1v) is 18.7. The lowest BCUT2D eigenvalue weighted by molar-refractivity contribution is 1.18. The molecule has 3 nitrogen and oxygen atoms in total. The maximum atomic E-state index is 14.0. The number of hydrogen-bond donors (Lipinski definition) is 0. The van der Waals surface area contributed by atoms with Gasteiger partial charge in [-0.25, -0.2) is 0 Å². The van der Waals surface area contributed by atoms with Crippen molar-refractivity contribution in [3.63, 3.8) is 0 Å². The van der Waals surface area contributed by atoms with Crippen molar-refractivity contribution in [2.24, 2.45) is 0 Å². The van der Waals surface area contributed by atoms with Crippen LogP contribution in [0.3, 0.4) is 0 Å². The SMILES string of the molecule is O=c1c2ccc(-c3ccc(-n4c5ccccc5c5ccccc54)cc3)cc2sc2ccc(-c3ccc(-n4c5ccccc5c5ccccc54)cc3)cc12. The third kappa shape index (κ3) is 4.63. The van der Waals surface area contributed by atoms with Crippen molar-refractivity contribution in [1.29, 1.82) is 0 Å². The van der Waals surface area contributed by atoms with Crippen molar-refractivity contribution < 1.29 is 0 Å². The Labute approximate surface area is 308 Å². The molecule has 11 aromatic rings. The van der Waals surface area contributed by atoms with E-state index in [1.807, 2.05) is 6.07 Å². The van der Waals surface area contributed by atoms with Crippen LogP contribution in [0.4, 0.5) is 0 Å². The number of rotatable bonds is 4. The summed E-state index contributed by atoms with van der Waals surface area (Å²) in [4.78, 5) is 14.0. The molecule has 3 aromatic heterocycles. The molecule has 248 valence electrons. The fourth-order valence-electron chi connectivity index (χ4n) is 8.22. The summed E-state index contributed by atoms with van der Waals surface area (Å²) in [6.07, 6.45) is 0. The molecule has 3 heterocycles. The Morgan fingerprint density at radius 1 is 0.321 bits per heavy atom. The van der Waals surface area contributed by atoms with Gasteiger partial charge >= 0.3 is 0 Å². The maximum absolute atomic E-state index is 14.0. The normalized spacial score (nSPS) is 11.8. The highest BCUT2D eigenvalue weighted by atomic mass is 32.1. The van der Waals surface area contributed by atoms with Gasteiger partial charge in [-0.2, -0.15) is 0 Å². The summed E-state index contributed by atoms with van der Waals surface area (Å²) in [6, 6.07) is 64.3. The maximum Gasteiger partial charge on any atom is 0.195 e. The average Bonchev–Trinajstić information content (AvgIpc) is 3.74. The van der Waals surface area contributed by atoms with Gasteiger partial charge in [-0.15, -0.1) is 11.3 Å². The second-order valence-electron chi connectivity index (χ2n) is 13.7. The highest BCUT2D eigenvalue weighted by Crippen LogP contribution is 2.36. The topological polar surface area (TPSA) is 26.9 Å². The quantitative estimate of drug-likeness (QED) is 0.169. The fraction of sp³-hybridized carbons (Fsp3) is 0. The minimum absolute atomic E-state index is 0.0748. The van der Waals surface area contributed by atoms with Gasteiger partial charge in [0, 0.05) is 53.1 Å². The summed E-state index contributed by atoms with van der Waals surface area (Å²) in [5, 5.41) is 6.52. The Hall–Kier alpha value is -6.75. The average molecular weight is 695 g/mol. The molecule has 0 fully saturated rings. The summed E-state index contributed by atoms with van der Waals surface area (Å²) in [5.74, 6) is 0.